The van der Waals surface area contributed by atoms with Crippen molar-refractivity contribution in [2.45, 2.75) is 32.4 Å². The molecule has 7 heteroatoms. The Labute approximate surface area is 153 Å². The van der Waals surface area contributed by atoms with Gasteiger partial charge in [0.2, 0.25) is 5.91 Å². The molecule has 0 bridgehead atoms. The molecule has 6 nitrogen and oxygen atoms in total. The fourth-order valence-electron chi connectivity index (χ4n) is 3.16. The maximum Gasteiger partial charge on any atom is 0.227 e. The minimum absolute atomic E-state index is 0.0166. The highest BCUT2D eigenvalue weighted by Crippen LogP contribution is 2.22. The van der Waals surface area contributed by atoms with E-state index in [0.717, 1.165) is 11.3 Å². The molecule has 0 radical (unpaired) electrons. The minimum atomic E-state index is -3.08. The van der Waals surface area contributed by atoms with Gasteiger partial charge in [0.15, 0.2) is 9.84 Å². The maximum atomic E-state index is 12.9. The molecule has 140 valence electrons. The van der Waals surface area contributed by atoms with Crippen LogP contribution >= 0.6 is 0 Å². The van der Waals surface area contributed by atoms with E-state index in [0.29, 0.717) is 18.8 Å². The molecule has 1 atom stereocenters. The van der Waals surface area contributed by atoms with Gasteiger partial charge in [0.1, 0.15) is 11.5 Å². The smallest absolute Gasteiger partial charge is 0.227 e. The molecule has 1 aromatic carbocycles. The number of rotatable bonds is 7. The Hall–Kier alpha value is -2.28. The second-order valence-electron chi connectivity index (χ2n) is 6.41. The number of nitrogens with zero attached hydrogens (tertiary/aromatic N) is 1. The van der Waals surface area contributed by atoms with Crippen molar-refractivity contribution in [1.82, 2.24) is 4.90 Å². The summed E-state index contributed by atoms with van der Waals surface area (Å²) in [5.41, 5.74) is 0.865. The number of hydrogen-bond donors (Lipinski definition) is 0. The van der Waals surface area contributed by atoms with E-state index in [-0.39, 0.29) is 36.4 Å². The van der Waals surface area contributed by atoms with Gasteiger partial charge in [-0.3, -0.25) is 4.79 Å². The molecule has 0 saturated carbocycles. The predicted octanol–water partition coefficient (Wildman–Crippen LogP) is 2.44. The molecule has 1 aliphatic heterocycles. The first-order valence-corrected chi connectivity index (χ1v) is 10.5. The Kier molecular flexibility index (Phi) is 5.66. The molecule has 1 saturated heterocycles. The molecule has 3 rings (SSSR count). The number of sulfone groups is 1. The van der Waals surface area contributed by atoms with Crippen LogP contribution < -0.4 is 4.74 Å². The highest BCUT2D eigenvalue weighted by atomic mass is 32.2. The Bertz CT molecular complexity index is 827. The first-order valence-electron chi connectivity index (χ1n) is 8.71. The lowest BCUT2D eigenvalue weighted by atomic mass is 10.1. The third-order valence-corrected chi connectivity index (χ3v) is 6.22. The Morgan fingerprint density at radius 1 is 1.27 bits per heavy atom. The Morgan fingerprint density at radius 3 is 2.62 bits per heavy atom. The SMILES string of the molecule is CCOc1ccc(CC(=O)N(Cc2ccco2)C2CCS(=O)(=O)C2)cc1. The third-order valence-electron chi connectivity index (χ3n) is 4.47. The zero-order chi connectivity index (χ0) is 18.6. The molecule has 0 aliphatic carbocycles. The number of hydrogen-bond acceptors (Lipinski definition) is 5. The lowest BCUT2D eigenvalue weighted by Crippen LogP contribution is -2.41. The minimum Gasteiger partial charge on any atom is -0.494 e. The van der Waals surface area contributed by atoms with Crippen molar-refractivity contribution in [1.29, 1.82) is 0 Å². The average molecular weight is 377 g/mol. The van der Waals surface area contributed by atoms with Gasteiger partial charge in [-0.2, -0.15) is 0 Å². The van der Waals surface area contributed by atoms with Crippen LogP contribution in [0.4, 0.5) is 0 Å². The molecule has 1 aliphatic rings. The van der Waals surface area contributed by atoms with Crippen LogP contribution in [0.3, 0.4) is 0 Å². The number of amides is 1. The summed E-state index contributed by atoms with van der Waals surface area (Å²) in [6.07, 6.45) is 2.23. The van der Waals surface area contributed by atoms with Gasteiger partial charge in [0.25, 0.3) is 0 Å². The van der Waals surface area contributed by atoms with Gasteiger partial charge in [-0.25, -0.2) is 8.42 Å². The van der Waals surface area contributed by atoms with Crippen molar-refractivity contribution in [3.63, 3.8) is 0 Å². The van der Waals surface area contributed by atoms with Crippen molar-refractivity contribution in [3.05, 3.63) is 54.0 Å². The van der Waals surface area contributed by atoms with E-state index in [4.69, 9.17) is 9.15 Å². The molecule has 0 N–H and O–H groups in total. The fourth-order valence-corrected chi connectivity index (χ4v) is 4.89. The van der Waals surface area contributed by atoms with E-state index in [1.54, 1.807) is 23.3 Å². The van der Waals surface area contributed by atoms with Crippen LogP contribution in [-0.4, -0.2) is 43.4 Å². The van der Waals surface area contributed by atoms with E-state index in [9.17, 15) is 13.2 Å². The van der Waals surface area contributed by atoms with E-state index < -0.39 is 9.84 Å². The standard InChI is InChI=1S/C19H23NO5S/c1-2-24-17-7-5-15(6-8-17)12-19(21)20(13-18-4-3-10-25-18)16-9-11-26(22,23)14-16/h3-8,10,16H,2,9,11-14H2,1H3. The highest BCUT2D eigenvalue weighted by molar-refractivity contribution is 7.91. The van der Waals surface area contributed by atoms with E-state index in [1.165, 1.54) is 0 Å². The number of furan rings is 1. The summed E-state index contributed by atoms with van der Waals surface area (Å²) in [4.78, 5) is 14.5. The first kappa shape index (κ1) is 18.5. The Morgan fingerprint density at radius 2 is 2.04 bits per heavy atom. The molecule has 2 heterocycles. The highest BCUT2D eigenvalue weighted by Gasteiger charge is 2.35. The molecular formula is C19H23NO5S. The maximum absolute atomic E-state index is 12.9. The predicted molar refractivity (Wildman–Crippen MR) is 97.6 cm³/mol. The van der Waals surface area contributed by atoms with Crippen LogP contribution in [-0.2, 0) is 27.6 Å². The summed E-state index contributed by atoms with van der Waals surface area (Å²) < 4.78 is 34.5. The summed E-state index contributed by atoms with van der Waals surface area (Å²) in [6, 6.07) is 10.6. The second kappa shape index (κ2) is 7.95. The van der Waals surface area contributed by atoms with Crippen molar-refractivity contribution < 1.29 is 22.4 Å². The summed E-state index contributed by atoms with van der Waals surface area (Å²) in [5.74, 6) is 1.45. The molecule has 1 amide bonds. The van der Waals surface area contributed by atoms with Crippen molar-refractivity contribution in [3.8, 4) is 5.75 Å². The number of carbonyl (C=O) groups excluding carboxylic acids is 1. The molecular weight excluding hydrogens is 354 g/mol. The molecule has 0 spiro atoms. The first-order chi connectivity index (χ1) is 12.5. The van der Waals surface area contributed by atoms with Gasteiger partial charge < -0.3 is 14.1 Å². The lowest BCUT2D eigenvalue weighted by Gasteiger charge is -2.27. The summed E-state index contributed by atoms with van der Waals surface area (Å²) >= 11 is 0. The van der Waals surface area contributed by atoms with Gasteiger partial charge in [-0.1, -0.05) is 12.1 Å². The van der Waals surface area contributed by atoms with Crippen LogP contribution in [0, 0.1) is 0 Å². The van der Waals surface area contributed by atoms with Crippen LogP contribution in [0.15, 0.2) is 47.1 Å². The van der Waals surface area contributed by atoms with Crippen LogP contribution in [0.1, 0.15) is 24.7 Å². The van der Waals surface area contributed by atoms with Gasteiger partial charge in [0.05, 0.1) is 37.3 Å². The average Bonchev–Trinajstić information content (AvgIpc) is 3.23. The van der Waals surface area contributed by atoms with E-state index in [1.807, 2.05) is 31.2 Å². The van der Waals surface area contributed by atoms with Gasteiger partial charge in [-0.05, 0) is 43.2 Å². The van der Waals surface area contributed by atoms with Crippen molar-refractivity contribution >= 4 is 15.7 Å². The molecule has 26 heavy (non-hydrogen) atoms. The second-order valence-corrected chi connectivity index (χ2v) is 8.64. The van der Waals surface area contributed by atoms with Crippen LogP contribution in [0.2, 0.25) is 0 Å². The molecule has 1 fully saturated rings. The van der Waals surface area contributed by atoms with Crippen molar-refractivity contribution in [2.24, 2.45) is 0 Å². The van der Waals surface area contributed by atoms with E-state index in [2.05, 4.69) is 0 Å². The lowest BCUT2D eigenvalue weighted by molar-refractivity contribution is -0.133. The quantitative estimate of drug-likeness (QED) is 0.741. The van der Waals surface area contributed by atoms with E-state index >= 15 is 0 Å². The summed E-state index contributed by atoms with van der Waals surface area (Å²) in [7, 11) is -3.08. The normalized spacial score (nSPS) is 18.6. The number of ether oxygens (including phenoxy) is 1. The van der Waals surface area contributed by atoms with Gasteiger partial charge >= 0.3 is 0 Å². The summed E-state index contributed by atoms with van der Waals surface area (Å²) in [5, 5.41) is 0. The van der Waals surface area contributed by atoms with Gasteiger partial charge in [-0.15, -0.1) is 0 Å². The van der Waals surface area contributed by atoms with Crippen LogP contribution in [0.25, 0.3) is 0 Å². The monoisotopic (exact) mass is 377 g/mol. The molecule has 2 aromatic rings. The fraction of sp³-hybridized carbons (Fsp3) is 0.421. The van der Waals surface area contributed by atoms with Crippen LogP contribution in [0.5, 0.6) is 5.75 Å². The summed E-state index contributed by atoms with van der Waals surface area (Å²) in [6.45, 7) is 2.79. The zero-order valence-electron chi connectivity index (χ0n) is 14.8. The number of benzene rings is 1. The van der Waals surface area contributed by atoms with Gasteiger partial charge in [0, 0.05) is 6.04 Å². The Balaban J connectivity index is 1.73. The number of carbonyl (C=O) groups is 1. The third kappa shape index (κ3) is 4.66. The topological polar surface area (TPSA) is 76.8 Å². The zero-order valence-corrected chi connectivity index (χ0v) is 15.6. The largest absolute Gasteiger partial charge is 0.494 e. The molecule has 1 unspecified atom stereocenters. The van der Waals surface area contributed by atoms with Crippen molar-refractivity contribution in [2.75, 3.05) is 18.1 Å². The molecule has 1 aromatic heterocycles.